The van der Waals surface area contributed by atoms with E-state index in [2.05, 4.69) is 15.3 Å². The highest BCUT2D eigenvalue weighted by atomic mass is 32.2. The Hall–Kier alpha value is -3.46. The van der Waals surface area contributed by atoms with Gasteiger partial charge in [-0.05, 0) is 22.9 Å². The molecule has 0 aliphatic heterocycles. The van der Waals surface area contributed by atoms with Gasteiger partial charge in [-0.2, -0.15) is 0 Å². The number of carbonyl (C=O) groups excluding carboxylic acids is 1. The van der Waals surface area contributed by atoms with E-state index in [1.54, 1.807) is 7.05 Å². The Kier molecular flexibility index (Phi) is 5.84. The van der Waals surface area contributed by atoms with Crippen LogP contribution in [-0.2, 0) is 24.3 Å². The topological polar surface area (TPSA) is 98.9 Å². The van der Waals surface area contributed by atoms with Crippen molar-refractivity contribution in [1.29, 1.82) is 0 Å². The molecule has 0 fully saturated rings. The van der Waals surface area contributed by atoms with Gasteiger partial charge < -0.3 is 5.32 Å². The van der Waals surface area contributed by atoms with Gasteiger partial charge in [-0.3, -0.25) is 18.7 Å². The first kappa shape index (κ1) is 22.7. The van der Waals surface area contributed by atoms with Crippen molar-refractivity contribution in [3.8, 4) is 0 Å². The lowest BCUT2D eigenvalue weighted by Gasteiger charge is -2.19. The molecule has 2 aromatic carbocycles. The van der Waals surface area contributed by atoms with E-state index < -0.39 is 16.7 Å². The van der Waals surface area contributed by atoms with Crippen LogP contribution in [0.25, 0.3) is 21.8 Å². The summed E-state index contributed by atoms with van der Waals surface area (Å²) in [6.07, 6.45) is 0. The second-order valence-electron chi connectivity index (χ2n) is 8.91. The highest BCUT2D eigenvalue weighted by Gasteiger charge is 2.24. The second-order valence-corrected chi connectivity index (χ2v) is 9.87. The zero-order valence-corrected chi connectivity index (χ0v) is 20.0. The maximum absolute atomic E-state index is 12.9. The molecule has 0 aliphatic rings. The summed E-state index contributed by atoms with van der Waals surface area (Å²) in [5, 5.41) is 5.64. The standard InChI is InChI=1S/C24H25N5O3S/c1-24(2,3)22-26-19-18(21(31)29(5)23(32)28(19)4)20(27-22)33-13-17(30)25-16-11-10-14-8-6-7-9-15(14)12-16/h6-12H,13H2,1-5H3,(H,25,30). The fourth-order valence-electron chi connectivity index (χ4n) is 3.47. The van der Waals surface area contributed by atoms with E-state index in [4.69, 9.17) is 0 Å². The molecule has 2 aromatic heterocycles. The number of benzene rings is 2. The molecular formula is C24H25N5O3S. The molecule has 33 heavy (non-hydrogen) atoms. The Labute approximate surface area is 194 Å². The lowest BCUT2D eigenvalue weighted by molar-refractivity contribution is -0.113. The molecule has 8 nitrogen and oxygen atoms in total. The number of aromatic nitrogens is 4. The number of nitrogens with one attached hydrogen (secondary N) is 1. The third-order valence-corrected chi connectivity index (χ3v) is 6.29. The molecule has 0 radical (unpaired) electrons. The largest absolute Gasteiger partial charge is 0.332 e. The Morgan fingerprint density at radius 2 is 1.70 bits per heavy atom. The highest BCUT2D eigenvalue weighted by Crippen LogP contribution is 2.27. The fourth-order valence-corrected chi connectivity index (χ4v) is 4.28. The molecule has 2 heterocycles. The van der Waals surface area contributed by atoms with Crippen LogP contribution in [0.4, 0.5) is 5.69 Å². The third-order valence-electron chi connectivity index (χ3n) is 5.31. The van der Waals surface area contributed by atoms with Crippen LogP contribution in [0.1, 0.15) is 26.6 Å². The van der Waals surface area contributed by atoms with E-state index in [1.165, 1.54) is 11.6 Å². The smallest absolute Gasteiger partial charge is 0.325 e. The number of aryl methyl sites for hydroxylation is 1. The van der Waals surface area contributed by atoms with Gasteiger partial charge >= 0.3 is 5.69 Å². The minimum atomic E-state index is -0.481. The summed E-state index contributed by atoms with van der Waals surface area (Å²) in [5.41, 5.74) is -0.392. The van der Waals surface area contributed by atoms with Crippen LogP contribution in [-0.4, -0.2) is 30.8 Å². The highest BCUT2D eigenvalue weighted by molar-refractivity contribution is 8.00. The second kappa shape index (κ2) is 8.47. The molecular weight excluding hydrogens is 438 g/mol. The van der Waals surface area contributed by atoms with Crippen molar-refractivity contribution in [2.45, 2.75) is 31.2 Å². The molecule has 0 saturated carbocycles. The molecule has 0 aliphatic carbocycles. The van der Waals surface area contributed by atoms with Crippen molar-refractivity contribution in [2.75, 3.05) is 11.1 Å². The monoisotopic (exact) mass is 463 g/mol. The summed E-state index contributed by atoms with van der Waals surface area (Å²) in [6, 6.07) is 13.6. The van der Waals surface area contributed by atoms with Gasteiger partial charge in [0.15, 0.2) is 5.65 Å². The summed E-state index contributed by atoms with van der Waals surface area (Å²) in [5.74, 6) is 0.325. The van der Waals surface area contributed by atoms with E-state index in [9.17, 15) is 14.4 Å². The van der Waals surface area contributed by atoms with Crippen molar-refractivity contribution >= 4 is 45.2 Å². The number of nitrogens with zero attached hydrogens (tertiary/aromatic N) is 4. The van der Waals surface area contributed by atoms with Gasteiger partial charge in [-0.1, -0.05) is 62.9 Å². The number of thioether (sulfide) groups is 1. The van der Waals surface area contributed by atoms with Crippen LogP contribution in [0.3, 0.4) is 0 Å². The lowest BCUT2D eigenvalue weighted by atomic mass is 9.96. The number of hydrogen-bond acceptors (Lipinski definition) is 6. The van der Waals surface area contributed by atoms with Gasteiger partial charge in [0.05, 0.1) is 5.75 Å². The maximum atomic E-state index is 12.9. The molecule has 4 rings (SSSR count). The van der Waals surface area contributed by atoms with Gasteiger partial charge in [-0.25, -0.2) is 14.8 Å². The Bertz CT molecular complexity index is 1520. The molecule has 0 unspecified atom stereocenters. The van der Waals surface area contributed by atoms with Crippen molar-refractivity contribution in [1.82, 2.24) is 19.1 Å². The molecule has 0 saturated heterocycles. The minimum Gasteiger partial charge on any atom is -0.325 e. The predicted octanol–water partition coefficient (Wildman–Crippen LogP) is 3.21. The lowest BCUT2D eigenvalue weighted by Crippen LogP contribution is -2.38. The Balaban J connectivity index is 1.67. The van der Waals surface area contributed by atoms with Crippen LogP contribution in [0.15, 0.2) is 57.1 Å². The molecule has 0 atom stereocenters. The van der Waals surface area contributed by atoms with Crippen molar-refractivity contribution in [3.05, 3.63) is 69.1 Å². The van der Waals surface area contributed by atoms with E-state index >= 15 is 0 Å². The molecule has 1 amide bonds. The van der Waals surface area contributed by atoms with E-state index in [0.29, 0.717) is 16.5 Å². The van der Waals surface area contributed by atoms with Crippen LogP contribution in [0, 0.1) is 0 Å². The third kappa shape index (κ3) is 4.41. The van der Waals surface area contributed by atoms with Gasteiger partial charge in [0.1, 0.15) is 16.2 Å². The number of anilines is 1. The average Bonchev–Trinajstić information content (AvgIpc) is 2.78. The molecule has 4 aromatic rings. The number of fused-ring (bicyclic) bond motifs is 2. The quantitative estimate of drug-likeness (QED) is 0.369. The fraction of sp³-hybridized carbons (Fsp3) is 0.292. The number of carbonyl (C=O) groups is 1. The first-order valence-electron chi connectivity index (χ1n) is 10.5. The molecule has 9 heteroatoms. The van der Waals surface area contributed by atoms with Gasteiger partial charge in [0.25, 0.3) is 5.56 Å². The van der Waals surface area contributed by atoms with Crippen LogP contribution in [0.5, 0.6) is 0 Å². The Morgan fingerprint density at radius 1 is 1.00 bits per heavy atom. The number of amides is 1. The van der Waals surface area contributed by atoms with Crippen LogP contribution >= 0.6 is 11.8 Å². The van der Waals surface area contributed by atoms with Crippen molar-refractivity contribution in [3.63, 3.8) is 0 Å². The van der Waals surface area contributed by atoms with Crippen molar-refractivity contribution < 1.29 is 4.79 Å². The zero-order chi connectivity index (χ0) is 23.9. The number of hydrogen-bond donors (Lipinski definition) is 1. The molecule has 0 spiro atoms. The van der Waals surface area contributed by atoms with Gasteiger partial charge in [0.2, 0.25) is 5.91 Å². The maximum Gasteiger partial charge on any atom is 0.332 e. The normalized spacial score (nSPS) is 11.8. The summed E-state index contributed by atoms with van der Waals surface area (Å²) in [7, 11) is 2.99. The average molecular weight is 464 g/mol. The minimum absolute atomic E-state index is 0.0501. The molecule has 0 bridgehead atoms. The predicted molar refractivity (Wildman–Crippen MR) is 132 cm³/mol. The van der Waals surface area contributed by atoms with E-state index in [1.807, 2.05) is 63.2 Å². The van der Waals surface area contributed by atoms with Crippen LogP contribution in [0.2, 0.25) is 0 Å². The molecule has 170 valence electrons. The summed E-state index contributed by atoms with van der Waals surface area (Å²) >= 11 is 1.16. The number of rotatable bonds is 4. The SMILES string of the molecule is Cn1c(=O)c2c(SCC(=O)Nc3ccc4ccccc4c3)nc(C(C)(C)C)nc2n(C)c1=O. The van der Waals surface area contributed by atoms with E-state index in [-0.39, 0.29) is 22.7 Å². The zero-order valence-electron chi connectivity index (χ0n) is 19.2. The molecule has 1 N–H and O–H groups in total. The van der Waals surface area contributed by atoms with Crippen LogP contribution < -0.4 is 16.6 Å². The first-order chi connectivity index (χ1) is 15.6. The summed E-state index contributed by atoms with van der Waals surface area (Å²) < 4.78 is 2.37. The van der Waals surface area contributed by atoms with E-state index in [0.717, 1.165) is 27.1 Å². The first-order valence-corrected chi connectivity index (χ1v) is 11.4. The summed E-state index contributed by atoms with van der Waals surface area (Å²) in [6.45, 7) is 5.86. The van der Waals surface area contributed by atoms with Gasteiger partial charge in [0, 0.05) is 25.2 Å². The Morgan fingerprint density at radius 3 is 2.39 bits per heavy atom. The van der Waals surface area contributed by atoms with Gasteiger partial charge in [-0.15, -0.1) is 0 Å². The summed E-state index contributed by atoms with van der Waals surface area (Å²) in [4.78, 5) is 47.2. The van der Waals surface area contributed by atoms with Crippen molar-refractivity contribution in [2.24, 2.45) is 14.1 Å².